The summed E-state index contributed by atoms with van der Waals surface area (Å²) in [6.07, 6.45) is 0. The van der Waals surface area contributed by atoms with Gasteiger partial charge < -0.3 is 10.6 Å². The molecule has 0 saturated carbocycles. The van der Waals surface area contributed by atoms with E-state index in [4.69, 9.17) is 23.2 Å². The molecular formula is C15H14Cl2N2O. The molecule has 0 atom stereocenters. The Morgan fingerprint density at radius 2 is 1.60 bits per heavy atom. The maximum Gasteiger partial charge on any atom is 0.323 e. The highest BCUT2D eigenvalue weighted by molar-refractivity contribution is 6.36. The fourth-order valence-corrected chi connectivity index (χ4v) is 2.28. The Labute approximate surface area is 127 Å². The molecule has 0 fully saturated rings. The second-order valence-electron chi connectivity index (χ2n) is 4.52. The summed E-state index contributed by atoms with van der Waals surface area (Å²) >= 11 is 11.8. The van der Waals surface area contributed by atoms with E-state index in [0.29, 0.717) is 15.7 Å². The Balaban J connectivity index is 2.09. The number of nitrogens with one attached hydrogen (secondary N) is 2. The van der Waals surface area contributed by atoms with Crippen molar-refractivity contribution >= 4 is 40.6 Å². The van der Waals surface area contributed by atoms with Crippen LogP contribution in [0.25, 0.3) is 0 Å². The summed E-state index contributed by atoms with van der Waals surface area (Å²) in [5.41, 5.74) is 3.42. The SMILES string of the molecule is Cc1ccc(NC(=O)Nc2ccc(Cl)cc2Cl)c(C)c1. The number of aryl methyl sites for hydroxylation is 2. The second kappa shape index (κ2) is 6.16. The van der Waals surface area contributed by atoms with E-state index in [-0.39, 0.29) is 6.03 Å². The Bertz CT molecular complexity index is 601. The van der Waals surface area contributed by atoms with Gasteiger partial charge in [0, 0.05) is 10.7 Å². The van der Waals surface area contributed by atoms with Gasteiger partial charge >= 0.3 is 6.03 Å². The minimum atomic E-state index is -0.346. The number of hydrogen-bond donors (Lipinski definition) is 2. The standard InChI is InChI=1S/C15H14Cl2N2O/c1-9-3-5-13(10(2)7-9)18-15(20)19-14-6-4-11(16)8-12(14)17/h3-8H,1-2H3,(H2,18,19,20). The van der Waals surface area contributed by atoms with Crippen molar-refractivity contribution < 1.29 is 4.79 Å². The number of hydrogen-bond acceptors (Lipinski definition) is 1. The van der Waals surface area contributed by atoms with Gasteiger partial charge in [0.2, 0.25) is 0 Å². The summed E-state index contributed by atoms with van der Waals surface area (Å²) in [4.78, 5) is 11.9. The summed E-state index contributed by atoms with van der Waals surface area (Å²) in [5.74, 6) is 0. The zero-order valence-electron chi connectivity index (χ0n) is 11.1. The van der Waals surface area contributed by atoms with Gasteiger partial charge in [0.05, 0.1) is 10.7 Å². The second-order valence-corrected chi connectivity index (χ2v) is 5.37. The molecule has 0 saturated heterocycles. The number of urea groups is 1. The number of carbonyl (C=O) groups is 1. The minimum absolute atomic E-state index is 0.346. The van der Waals surface area contributed by atoms with Crippen molar-refractivity contribution in [3.63, 3.8) is 0 Å². The summed E-state index contributed by atoms with van der Waals surface area (Å²) in [5, 5.41) is 6.39. The first kappa shape index (κ1) is 14.7. The van der Waals surface area contributed by atoms with Gasteiger partial charge in [-0.3, -0.25) is 0 Å². The fourth-order valence-electron chi connectivity index (χ4n) is 1.82. The summed E-state index contributed by atoms with van der Waals surface area (Å²) in [6, 6.07) is 10.4. The lowest BCUT2D eigenvalue weighted by Crippen LogP contribution is -2.20. The molecule has 0 spiro atoms. The van der Waals surface area contributed by atoms with Crippen molar-refractivity contribution in [1.82, 2.24) is 0 Å². The monoisotopic (exact) mass is 308 g/mol. The Morgan fingerprint density at radius 3 is 2.25 bits per heavy atom. The van der Waals surface area contributed by atoms with Gasteiger partial charge in [0.1, 0.15) is 0 Å². The van der Waals surface area contributed by atoms with Crippen molar-refractivity contribution in [2.24, 2.45) is 0 Å². The molecule has 2 N–H and O–H groups in total. The Morgan fingerprint density at radius 1 is 0.950 bits per heavy atom. The van der Waals surface area contributed by atoms with Gasteiger partial charge in [0.25, 0.3) is 0 Å². The lowest BCUT2D eigenvalue weighted by molar-refractivity contribution is 0.262. The van der Waals surface area contributed by atoms with Crippen LogP contribution in [-0.4, -0.2) is 6.03 Å². The minimum Gasteiger partial charge on any atom is -0.307 e. The van der Waals surface area contributed by atoms with E-state index in [9.17, 15) is 4.79 Å². The average Bonchev–Trinajstić information content (AvgIpc) is 2.36. The molecule has 3 nitrogen and oxygen atoms in total. The zero-order valence-corrected chi connectivity index (χ0v) is 12.6. The van der Waals surface area contributed by atoms with Crippen LogP contribution in [0.2, 0.25) is 10.0 Å². The van der Waals surface area contributed by atoms with Crippen molar-refractivity contribution in [3.8, 4) is 0 Å². The molecule has 0 unspecified atom stereocenters. The van der Waals surface area contributed by atoms with Gasteiger partial charge in [-0.2, -0.15) is 0 Å². The lowest BCUT2D eigenvalue weighted by atomic mass is 10.1. The molecule has 2 rings (SSSR count). The fraction of sp³-hybridized carbons (Fsp3) is 0.133. The number of rotatable bonds is 2. The first-order valence-electron chi connectivity index (χ1n) is 6.06. The van der Waals surface area contributed by atoms with E-state index in [1.165, 1.54) is 0 Å². The number of carbonyl (C=O) groups excluding carboxylic acids is 1. The molecule has 2 aromatic rings. The molecule has 0 radical (unpaired) electrons. The van der Waals surface area contributed by atoms with Crippen molar-refractivity contribution in [1.29, 1.82) is 0 Å². The molecule has 104 valence electrons. The first-order valence-corrected chi connectivity index (χ1v) is 6.81. The predicted octanol–water partition coefficient (Wildman–Crippen LogP) is 5.25. The van der Waals surface area contributed by atoms with Crippen molar-refractivity contribution in [3.05, 3.63) is 57.6 Å². The summed E-state index contributed by atoms with van der Waals surface area (Å²) in [7, 11) is 0. The Kier molecular flexibility index (Phi) is 4.53. The van der Waals surface area contributed by atoms with Gasteiger partial charge in [-0.25, -0.2) is 4.79 Å². The van der Waals surface area contributed by atoms with Crippen LogP contribution in [0.1, 0.15) is 11.1 Å². The van der Waals surface area contributed by atoms with Crippen molar-refractivity contribution in [2.45, 2.75) is 13.8 Å². The first-order chi connectivity index (χ1) is 9.45. The van der Waals surface area contributed by atoms with E-state index in [1.807, 2.05) is 32.0 Å². The van der Waals surface area contributed by atoms with Crippen LogP contribution >= 0.6 is 23.2 Å². The topological polar surface area (TPSA) is 41.1 Å². The number of benzene rings is 2. The molecule has 2 aromatic carbocycles. The van der Waals surface area contributed by atoms with Crippen LogP contribution in [0, 0.1) is 13.8 Å². The maximum atomic E-state index is 11.9. The van der Waals surface area contributed by atoms with Gasteiger partial charge in [0.15, 0.2) is 0 Å². The smallest absolute Gasteiger partial charge is 0.307 e. The van der Waals surface area contributed by atoms with E-state index in [2.05, 4.69) is 10.6 Å². The Hall–Kier alpha value is -1.71. The molecule has 0 heterocycles. The van der Waals surface area contributed by atoms with E-state index in [1.54, 1.807) is 18.2 Å². The molecule has 0 aliphatic carbocycles. The number of amides is 2. The molecule has 2 amide bonds. The quantitative estimate of drug-likeness (QED) is 0.781. The molecular weight excluding hydrogens is 295 g/mol. The highest BCUT2D eigenvalue weighted by Crippen LogP contribution is 2.25. The molecule has 0 aliphatic rings. The van der Waals surface area contributed by atoms with Crippen LogP contribution in [0.15, 0.2) is 36.4 Å². The third-order valence-electron chi connectivity index (χ3n) is 2.81. The van der Waals surface area contributed by atoms with Crippen molar-refractivity contribution in [2.75, 3.05) is 10.6 Å². The maximum absolute atomic E-state index is 11.9. The lowest BCUT2D eigenvalue weighted by Gasteiger charge is -2.11. The van der Waals surface area contributed by atoms with Gasteiger partial charge in [-0.1, -0.05) is 40.9 Å². The molecule has 20 heavy (non-hydrogen) atoms. The van der Waals surface area contributed by atoms with E-state index in [0.717, 1.165) is 16.8 Å². The van der Waals surface area contributed by atoms with Crippen LogP contribution in [-0.2, 0) is 0 Å². The number of anilines is 2. The summed E-state index contributed by atoms with van der Waals surface area (Å²) in [6.45, 7) is 3.95. The van der Waals surface area contributed by atoms with E-state index < -0.39 is 0 Å². The highest BCUT2D eigenvalue weighted by Gasteiger charge is 2.07. The van der Waals surface area contributed by atoms with E-state index >= 15 is 0 Å². The normalized spacial score (nSPS) is 10.2. The largest absolute Gasteiger partial charge is 0.323 e. The number of halogens is 2. The molecule has 0 aliphatic heterocycles. The molecule has 0 aromatic heterocycles. The third-order valence-corrected chi connectivity index (χ3v) is 3.36. The van der Waals surface area contributed by atoms with Crippen LogP contribution < -0.4 is 10.6 Å². The van der Waals surface area contributed by atoms with Gasteiger partial charge in [-0.15, -0.1) is 0 Å². The average molecular weight is 309 g/mol. The van der Waals surface area contributed by atoms with Crippen LogP contribution in [0.3, 0.4) is 0 Å². The summed E-state index contributed by atoms with van der Waals surface area (Å²) < 4.78 is 0. The zero-order chi connectivity index (χ0) is 14.7. The molecule has 5 heteroatoms. The molecule has 0 bridgehead atoms. The van der Waals surface area contributed by atoms with Crippen LogP contribution in [0.5, 0.6) is 0 Å². The highest BCUT2D eigenvalue weighted by atomic mass is 35.5. The van der Waals surface area contributed by atoms with Gasteiger partial charge in [-0.05, 0) is 43.7 Å². The predicted molar refractivity (Wildman–Crippen MR) is 85.0 cm³/mol. The van der Waals surface area contributed by atoms with Crippen LogP contribution in [0.4, 0.5) is 16.2 Å². The third kappa shape index (κ3) is 3.65.